The summed E-state index contributed by atoms with van der Waals surface area (Å²) in [6.07, 6.45) is 9.02. The van der Waals surface area contributed by atoms with Gasteiger partial charge in [0.2, 0.25) is 5.91 Å². The molecule has 1 aliphatic heterocycles. The first-order valence-electron chi connectivity index (χ1n) is 11.3. The third-order valence-corrected chi connectivity index (χ3v) is 6.24. The minimum Gasteiger partial charge on any atom is -0.494 e. The van der Waals surface area contributed by atoms with E-state index >= 15 is 0 Å². The van der Waals surface area contributed by atoms with Crippen molar-refractivity contribution in [1.82, 2.24) is 24.3 Å². The Morgan fingerprint density at radius 1 is 1.22 bits per heavy atom. The van der Waals surface area contributed by atoms with Gasteiger partial charge in [0.15, 0.2) is 0 Å². The van der Waals surface area contributed by atoms with Crippen LogP contribution in [0.4, 0.5) is 5.69 Å². The summed E-state index contributed by atoms with van der Waals surface area (Å²) in [7, 11) is 1.56. The van der Waals surface area contributed by atoms with Crippen LogP contribution in [0.2, 0.25) is 0 Å². The van der Waals surface area contributed by atoms with Gasteiger partial charge in [-0.05, 0) is 36.8 Å². The molecule has 0 unspecified atom stereocenters. The number of anilines is 1. The highest BCUT2D eigenvalue weighted by molar-refractivity contribution is 6.00. The highest BCUT2D eigenvalue weighted by atomic mass is 16.5. The van der Waals surface area contributed by atoms with Gasteiger partial charge in [-0.2, -0.15) is 15.5 Å². The van der Waals surface area contributed by atoms with Crippen LogP contribution < -0.4 is 10.1 Å². The summed E-state index contributed by atoms with van der Waals surface area (Å²) in [5, 5.41) is 20.8. The van der Waals surface area contributed by atoms with Gasteiger partial charge in [-0.25, -0.2) is 4.52 Å². The second kappa shape index (κ2) is 9.38. The lowest BCUT2D eigenvalue weighted by atomic mass is 10.1. The van der Waals surface area contributed by atoms with E-state index in [9.17, 15) is 14.9 Å². The molecule has 0 radical (unpaired) electrons. The Bertz CT molecular complexity index is 1530. The lowest BCUT2D eigenvalue weighted by molar-refractivity contribution is -0.111. The molecule has 10 heteroatoms. The van der Waals surface area contributed by atoms with Crippen LogP contribution in [-0.2, 0) is 4.79 Å². The van der Waals surface area contributed by atoms with Crippen LogP contribution in [0.1, 0.15) is 28.4 Å². The molecule has 0 spiro atoms. The van der Waals surface area contributed by atoms with Crippen LogP contribution in [0, 0.1) is 11.3 Å². The number of hydrogen-bond acceptors (Lipinski definition) is 6. The molecule has 1 N–H and O–H groups in total. The Labute approximate surface area is 207 Å². The number of benzene rings is 1. The first-order valence-corrected chi connectivity index (χ1v) is 11.3. The number of nitrogens with one attached hydrogen (secondary N) is 1. The average Bonchev–Trinajstić information content (AvgIpc) is 3.67. The second-order valence-corrected chi connectivity index (χ2v) is 8.44. The maximum atomic E-state index is 13.1. The molecular formula is C26H23N7O3. The summed E-state index contributed by atoms with van der Waals surface area (Å²) >= 11 is 0. The predicted molar refractivity (Wildman–Crippen MR) is 133 cm³/mol. The van der Waals surface area contributed by atoms with Crippen molar-refractivity contribution in [2.45, 2.75) is 12.5 Å². The number of fused-ring (bicyclic) bond motifs is 1. The number of ether oxygens (including phenoxy) is 1. The zero-order valence-electron chi connectivity index (χ0n) is 19.6. The summed E-state index contributed by atoms with van der Waals surface area (Å²) in [6, 6.07) is 10.9. The third kappa shape index (κ3) is 4.18. The molecular weight excluding hydrogens is 458 g/mol. The fourth-order valence-electron chi connectivity index (χ4n) is 4.41. The summed E-state index contributed by atoms with van der Waals surface area (Å²) < 4.78 is 9.01. The van der Waals surface area contributed by atoms with Gasteiger partial charge < -0.3 is 15.0 Å². The molecule has 0 bridgehead atoms. The summed E-state index contributed by atoms with van der Waals surface area (Å²) in [5.74, 6) is 0.130. The molecule has 5 rings (SSSR count). The lowest BCUT2D eigenvalue weighted by Gasteiger charge is -2.17. The molecule has 1 fully saturated rings. The van der Waals surface area contributed by atoms with Crippen molar-refractivity contribution in [1.29, 1.82) is 5.26 Å². The summed E-state index contributed by atoms with van der Waals surface area (Å²) in [5.41, 5.74) is 3.84. The molecule has 1 aromatic carbocycles. The summed E-state index contributed by atoms with van der Waals surface area (Å²) in [6.45, 7) is 4.57. The van der Waals surface area contributed by atoms with Crippen molar-refractivity contribution in [3.05, 3.63) is 78.9 Å². The van der Waals surface area contributed by atoms with Crippen molar-refractivity contribution < 1.29 is 14.3 Å². The predicted octanol–water partition coefficient (Wildman–Crippen LogP) is 3.29. The number of nitriles is 1. The zero-order chi connectivity index (χ0) is 25.2. The van der Waals surface area contributed by atoms with Crippen molar-refractivity contribution in [3.63, 3.8) is 0 Å². The first kappa shape index (κ1) is 22.9. The molecule has 1 aliphatic rings. The number of aromatic nitrogens is 4. The van der Waals surface area contributed by atoms with Crippen molar-refractivity contribution >= 4 is 23.0 Å². The number of nitrogens with zero attached hydrogens (tertiary/aromatic N) is 6. The Hall–Kier alpha value is -4.91. The highest BCUT2D eigenvalue weighted by Gasteiger charge is 2.29. The smallest absolute Gasteiger partial charge is 0.254 e. The molecule has 0 aliphatic carbocycles. The molecule has 1 saturated heterocycles. The van der Waals surface area contributed by atoms with Gasteiger partial charge in [-0.1, -0.05) is 12.6 Å². The van der Waals surface area contributed by atoms with E-state index in [2.05, 4.69) is 28.2 Å². The van der Waals surface area contributed by atoms with E-state index in [4.69, 9.17) is 4.74 Å². The molecule has 4 heterocycles. The monoisotopic (exact) mass is 481 g/mol. The number of pyridine rings is 1. The van der Waals surface area contributed by atoms with E-state index in [1.165, 1.54) is 12.3 Å². The fourth-order valence-corrected chi connectivity index (χ4v) is 4.41. The molecule has 4 aromatic rings. The summed E-state index contributed by atoms with van der Waals surface area (Å²) in [4.78, 5) is 26.5. The number of carbonyl (C=O) groups excluding carboxylic acids is 2. The van der Waals surface area contributed by atoms with Gasteiger partial charge in [0.25, 0.3) is 5.91 Å². The molecule has 36 heavy (non-hydrogen) atoms. The van der Waals surface area contributed by atoms with Gasteiger partial charge >= 0.3 is 0 Å². The van der Waals surface area contributed by atoms with Crippen LogP contribution >= 0.6 is 0 Å². The van der Waals surface area contributed by atoms with E-state index in [1.807, 2.05) is 23.1 Å². The number of likely N-dealkylation sites (tertiary alicyclic amines) is 1. The van der Waals surface area contributed by atoms with Crippen LogP contribution in [-0.4, -0.2) is 56.3 Å². The Morgan fingerprint density at radius 2 is 2.08 bits per heavy atom. The fraction of sp³-hybridized carbons (Fsp3) is 0.192. The topological polar surface area (TPSA) is 118 Å². The number of rotatable bonds is 6. The standard InChI is InChI=1S/C26H23N7O3/c1-3-24(34)30-21-6-4-5-17(9-21)26(35)31-8-7-22(16-31)32-15-20(13-28-32)18-10-23(36-2)25-19(11-27)12-29-33(25)14-18/h3-6,9-10,12-15,22H,1,7-8,16H2,2H3,(H,30,34)/t22-/m1/s1. The second-order valence-electron chi connectivity index (χ2n) is 8.44. The normalized spacial score (nSPS) is 15.0. The highest BCUT2D eigenvalue weighted by Crippen LogP contribution is 2.31. The lowest BCUT2D eigenvalue weighted by Crippen LogP contribution is -2.29. The Morgan fingerprint density at radius 3 is 2.86 bits per heavy atom. The largest absolute Gasteiger partial charge is 0.494 e. The van der Waals surface area contributed by atoms with E-state index in [0.717, 1.165) is 17.5 Å². The van der Waals surface area contributed by atoms with Crippen LogP contribution in [0.3, 0.4) is 0 Å². The van der Waals surface area contributed by atoms with E-state index in [1.54, 1.807) is 47.0 Å². The SMILES string of the molecule is C=CC(=O)Nc1cccc(C(=O)N2CC[C@@H](n3cc(-c4cc(OC)c5c(C#N)cnn5c4)cn3)C2)c1. The minimum absolute atomic E-state index is 0.0341. The zero-order valence-corrected chi connectivity index (χ0v) is 19.6. The molecule has 10 nitrogen and oxygen atoms in total. The Balaban J connectivity index is 1.32. The van der Waals surface area contributed by atoms with Crippen LogP contribution in [0.15, 0.2) is 67.8 Å². The van der Waals surface area contributed by atoms with Crippen molar-refractivity contribution in [2.24, 2.45) is 0 Å². The third-order valence-electron chi connectivity index (χ3n) is 6.24. The van der Waals surface area contributed by atoms with Gasteiger partial charge in [0, 0.05) is 47.9 Å². The number of methoxy groups -OCH3 is 1. The van der Waals surface area contributed by atoms with E-state index < -0.39 is 0 Å². The van der Waals surface area contributed by atoms with Crippen LogP contribution in [0.25, 0.3) is 16.6 Å². The number of amides is 2. The number of hydrogen-bond donors (Lipinski definition) is 1. The number of carbonyl (C=O) groups is 2. The first-order chi connectivity index (χ1) is 17.5. The maximum absolute atomic E-state index is 13.1. The minimum atomic E-state index is -0.329. The van der Waals surface area contributed by atoms with E-state index in [0.29, 0.717) is 41.2 Å². The molecule has 180 valence electrons. The quantitative estimate of drug-likeness (QED) is 0.422. The molecule has 3 aromatic heterocycles. The molecule has 1 atom stereocenters. The average molecular weight is 482 g/mol. The van der Waals surface area contributed by atoms with Gasteiger partial charge in [-0.15, -0.1) is 0 Å². The van der Waals surface area contributed by atoms with Gasteiger partial charge in [0.05, 0.1) is 25.5 Å². The van der Waals surface area contributed by atoms with Crippen LogP contribution in [0.5, 0.6) is 5.75 Å². The van der Waals surface area contributed by atoms with E-state index in [-0.39, 0.29) is 17.9 Å². The van der Waals surface area contributed by atoms with Gasteiger partial charge in [-0.3, -0.25) is 14.3 Å². The molecule has 2 amide bonds. The van der Waals surface area contributed by atoms with Crippen molar-refractivity contribution in [2.75, 3.05) is 25.5 Å². The van der Waals surface area contributed by atoms with Crippen molar-refractivity contribution in [3.8, 4) is 22.9 Å². The molecule has 0 saturated carbocycles. The Kier molecular flexibility index (Phi) is 5.96. The maximum Gasteiger partial charge on any atom is 0.254 e. The van der Waals surface area contributed by atoms with Gasteiger partial charge in [0.1, 0.15) is 22.9 Å².